The van der Waals surface area contributed by atoms with Gasteiger partial charge in [0.25, 0.3) is 15.2 Å². The van der Waals surface area contributed by atoms with Gasteiger partial charge >= 0.3 is 0 Å². The Bertz CT molecular complexity index is 1050. The molecule has 1 N–H and O–H groups in total. The molecular weight excluding hydrogens is 384 g/mol. The molecule has 0 aliphatic carbocycles. The second-order valence-electron chi connectivity index (χ2n) is 5.14. The van der Waals surface area contributed by atoms with Crippen LogP contribution in [0.4, 0.5) is 5.69 Å². The zero-order chi connectivity index (χ0) is 18.2. The standard InChI is InChI=1S/C16H15ClN2O4S2/c1-9-10(17)5-4-6-13(9)25(20,21)19-14-12(22-2)8-7-11-15(14)24-16(18-11)23-3/h4-8,19H,1-3H3. The van der Waals surface area contributed by atoms with Crippen molar-refractivity contribution in [3.63, 3.8) is 0 Å². The van der Waals surface area contributed by atoms with E-state index < -0.39 is 10.0 Å². The predicted molar refractivity (Wildman–Crippen MR) is 99.7 cm³/mol. The summed E-state index contributed by atoms with van der Waals surface area (Å²) in [5.41, 5.74) is 1.41. The lowest BCUT2D eigenvalue weighted by Crippen LogP contribution is -2.15. The molecule has 0 fully saturated rings. The lowest BCUT2D eigenvalue weighted by Gasteiger charge is -2.14. The van der Waals surface area contributed by atoms with Crippen molar-refractivity contribution >= 4 is 48.9 Å². The molecule has 0 bridgehead atoms. The van der Waals surface area contributed by atoms with Crippen LogP contribution in [0.3, 0.4) is 0 Å². The summed E-state index contributed by atoms with van der Waals surface area (Å²) in [6.45, 7) is 1.66. The molecule has 3 aromatic rings. The number of fused-ring (bicyclic) bond motifs is 1. The maximum atomic E-state index is 12.9. The zero-order valence-corrected chi connectivity index (χ0v) is 16.1. The Hall–Kier alpha value is -2.03. The highest BCUT2D eigenvalue weighted by molar-refractivity contribution is 7.92. The van der Waals surface area contributed by atoms with Gasteiger partial charge in [0.05, 0.1) is 29.3 Å². The minimum absolute atomic E-state index is 0.107. The number of methoxy groups -OCH3 is 2. The summed E-state index contributed by atoms with van der Waals surface area (Å²) in [6.07, 6.45) is 0. The quantitative estimate of drug-likeness (QED) is 0.700. The topological polar surface area (TPSA) is 77.5 Å². The van der Waals surface area contributed by atoms with E-state index in [2.05, 4.69) is 9.71 Å². The average Bonchev–Trinajstić information content (AvgIpc) is 3.01. The summed E-state index contributed by atoms with van der Waals surface area (Å²) >= 11 is 7.29. The first-order chi connectivity index (χ1) is 11.9. The Balaban J connectivity index is 2.16. The van der Waals surface area contributed by atoms with E-state index in [-0.39, 0.29) is 4.90 Å². The maximum absolute atomic E-state index is 12.9. The third kappa shape index (κ3) is 3.24. The Morgan fingerprint density at radius 2 is 1.92 bits per heavy atom. The van der Waals surface area contributed by atoms with E-state index in [4.69, 9.17) is 21.1 Å². The molecule has 3 rings (SSSR count). The van der Waals surface area contributed by atoms with Gasteiger partial charge < -0.3 is 9.47 Å². The Labute approximate surface area is 154 Å². The summed E-state index contributed by atoms with van der Waals surface area (Å²) in [4.78, 5) is 4.39. The Morgan fingerprint density at radius 3 is 2.60 bits per heavy atom. The van der Waals surface area contributed by atoms with Gasteiger partial charge in [0.2, 0.25) is 0 Å². The monoisotopic (exact) mass is 398 g/mol. The fraction of sp³-hybridized carbons (Fsp3) is 0.188. The predicted octanol–water partition coefficient (Wildman–Crippen LogP) is 4.08. The van der Waals surface area contributed by atoms with Crippen LogP contribution >= 0.6 is 22.9 Å². The molecule has 0 spiro atoms. The molecule has 132 valence electrons. The Morgan fingerprint density at radius 1 is 1.16 bits per heavy atom. The van der Waals surface area contributed by atoms with Crippen molar-refractivity contribution in [2.45, 2.75) is 11.8 Å². The third-order valence-electron chi connectivity index (χ3n) is 3.64. The van der Waals surface area contributed by atoms with Crippen molar-refractivity contribution in [3.8, 4) is 10.9 Å². The molecule has 9 heteroatoms. The highest BCUT2D eigenvalue weighted by atomic mass is 35.5. The molecule has 0 aliphatic rings. The van der Waals surface area contributed by atoms with Crippen LogP contribution in [0.15, 0.2) is 35.2 Å². The van der Waals surface area contributed by atoms with E-state index in [9.17, 15) is 8.42 Å². The number of thiazole rings is 1. The van der Waals surface area contributed by atoms with Crippen LogP contribution in [0.2, 0.25) is 5.02 Å². The van der Waals surface area contributed by atoms with Gasteiger partial charge in [-0.15, -0.1) is 0 Å². The molecule has 0 atom stereocenters. The fourth-order valence-electron chi connectivity index (χ4n) is 2.38. The van der Waals surface area contributed by atoms with Gasteiger partial charge in [-0.25, -0.2) is 13.4 Å². The molecule has 0 aliphatic heterocycles. The molecule has 6 nitrogen and oxygen atoms in total. The molecular formula is C16H15ClN2O4S2. The average molecular weight is 399 g/mol. The maximum Gasteiger partial charge on any atom is 0.274 e. The summed E-state index contributed by atoms with van der Waals surface area (Å²) < 4.78 is 39.5. The van der Waals surface area contributed by atoms with E-state index in [1.165, 1.54) is 31.6 Å². The fourth-order valence-corrected chi connectivity index (χ4v) is 4.90. The molecule has 2 aromatic carbocycles. The number of nitrogens with zero attached hydrogens (tertiary/aromatic N) is 1. The molecule has 0 radical (unpaired) electrons. The van der Waals surface area contributed by atoms with Gasteiger partial charge in [-0.3, -0.25) is 4.72 Å². The van der Waals surface area contributed by atoms with Crippen LogP contribution in [-0.4, -0.2) is 27.6 Å². The number of rotatable bonds is 5. The Kier molecular flexibility index (Phi) is 4.77. The van der Waals surface area contributed by atoms with Gasteiger partial charge in [-0.05, 0) is 36.8 Å². The summed E-state index contributed by atoms with van der Waals surface area (Å²) in [7, 11) is -0.882. The second-order valence-corrected chi connectivity index (χ2v) is 8.16. The smallest absolute Gasteiger partial charge is 0.274 e. The lowest BCUT2D eigenvalue weighted by atomic mass is 10.2. The lowest BCUT2D eigenvalue weighted by molar-refractivity contribution is 0.413. The first-order valence-corrected chi connectivity index (χ1v) is 9.84. The van der Waals surface area contributed by atoms with Crippen LogP contribution in [0.1, 0.15) is 5.56 Å². The molecule has 0 saturated heterocycles. The van der Waals surface area contributed by atoms with Gasteiger partial charge in [-0.1, -0.05) is 29.0 Å². The number of anilines is 1. The first-order valence-electron chi connectivity index (χ1n) is 7.17. The van der Waals surface area contributed by atoms with Crippen molar-refractivity contribution in [1.29, 1.82) is 0 Å². The van der Waals surface area contributed by atoms with Crippen LogP contribution in [-0.2, 0) is 10.0 Å². The minimum atomic E-state index is -3.86. The van der Waals surface area contributed by atoms with Gasteiger partial charge in [0, 0.05) is 5.02 Å². The third-order valence-corrected chi connectivity index (χ3v) is 6.59. The van der Waals surface area contributed by atoms with Crippen molar-refractivity contribution in [2.75, 3.05) is 18.9 Å². The second kappa shape index (κ2) is 6.70. The summed E-state index contributed by atoms with van der Waals surface area (Å²) in [5.74, 6) is 0.391. The SMILES string of the molecule is COc1nc2ccc(OC)c(NS(=O)(=O)c3cccc(Cl)c3C)c2s1. The van der Waals surface area contributed by atoms with Crippen LogP contribution < -0.4 is 14.2 Å². The number of benzene rings is 2. The zero-order valence-electron chi connectivity index (χ0n) is 13.7. The molecule has 0 amide bonds. The van der Waals surface area contributed by atoms with E-state index in [0.717, 1.165) is 0 Å². The van der Waals surface area contributed by atoms with Gasteiger partial charge in [0.15, 0.2) is 0 Å². The molecule has 1 heterocycles. The molecule has 0 saturated carbocycles. The van der Waals surface area contributed by atoms with Crippen LogP contribution in [0, 0.1) is 6.92 Å². The van der Waals surface area contributed by atoms with Crippen molar-refractivity contribution in [1.82, 2.24) is 4.98 Å². The summed E-state index contributed by atoms with van der Waals surface area (Å²) in [6, 6.07) is 8.14. The molecule has 1 aromatic heterocycles. The first kappa shape index (κ1) is 17.8. The highest BCUT2D eigenvalue weighted by Gasteiger charge is 2.23. The largest absolute Gasteiger partial charge is 0.495 e. The van der Waals surface area contributed by atoms with Crippen LogP contribution in [0.5, 0.6) is 10.9 Å². The number of sulfonamides is 1. The number of hydrogen-bond donors (Lipinski definition) is 1. The number of nitrogens with one attached hydrogen (secondary N) is 1. The van der Waals surface area contributed by atoms with Gasteiger partial charge in [-0.2, -0.15) is 0 Å². The summed E-state index contributed by atoms with van der Waals surface area (Å²) in [5, 5.41) is 0.815. The minimum Gasteiger partial charge on any atom is -0.495 e. The van der Waals surface area contributed by atoms with Crippen molar-refractivity contribution in [2.24, 2.45) is 0 Å². The number of halogens is 1. The van der Waals surface area contributed by atoms with E-state index >= 15 is 0 Å². The van der Waals surface area contributed by atoms with Crippen LogP contribution in [0.25, 0.3) is 10.2 Å². The molecule has 25 heavy (non-hydrogen) atoms. The van der Waals surface area contributed by atoms with Crippen molar-refractivity contribution < 1.29 is 17.9 Å². The molecule has 0 unspecified atom stereocenters. The normalized spacial score (nSPS) is 11.5. The van der Waals surface area contributed by atoms with E-state index in [1.807, 2.05) is 0 Å². The highest BCUT2D eigenvalue weighted by Crippen LogP contribution is 2.40. The van der Waals surface area contributed by atoms with E-state index in [0.29, 0.717) is 37.4 Å². The number of ether oxygens (including phenoxy) is 2. The van der Waals surface area contributed by atoms with E-state index in [1.54, 1.807) is 31.2 Å². The number of hydrogen-bond acceptors (Lipinski definition) is 6. The van der Waals surface area contributed by atoms with Gasteiger partial charge in [0.1, 0.15) is 11.4 Å². The number of aromatic nitrogens is 1. The van der Waals surface area contributed by atoms with Crippen molar-refractivity contribution in [3.05, 3.63) is 40.9 Å².